The molecule has 0 spiro atoms. The monoisotopic (exact) mass is 514 g/mol. The van der Waals surface area contributed by atoms with Crippen molar-refractivity contribution in [1.82, 2.24) is 10.3 Å². The van der Waals surface area contributed by atoms with Crippen LogP contribution in [0.25, 0.3) is 10.9 Å². The van der Waals surface area contributed by atoms with Gasteiger partial charge in [0.25, 0.3) is 0 Å². The van der Waals surface area contributed by atoms with Crippen LogP contribution in [0.5, 0.6) is 0 Å². The van der Waals surface area contributed by atoms with E-state index in [0.29, 0.717) is 22.2 Å². The maximum absolute atomic E-state index is 15.2. The van der Waals surface area contributed by atoms with Crippen LogP contribution in [-0.2, 0) is 12.0 Å². The Balaban J connectivity index is 2.07. The Hall–Kier alpha value is -1.58. The highest BCUT2D eigenvalue weighted by Crippen LogP contribution is 2.45. The zero-order valence-corrected chi connectivity index (χ0v) is 18.1. The van der Waals surface area contributed by atoms with Crippen LogP contribution in [0.4, 0.5) is 13.2 Å². The van der Waals surface area contributed by atoms with Gasteiger partial charge in [-0.1, -0.05) is 18.2 Å². The number of alkyl halides is 1. The molecule has 1 aliphatic heterocycles. The quantitative estimate of drug-likeness (QED) is 0.432. The molecule has 1 aromatic heterocycles. The SMILES string of the molecule is CC(F)(CO)CC1(c2c(F)cc(I)cc2F)NCCCc2c1[nH]c1ccccc21. The molecule has 1 aliphatic rings. The van der Waals surface area contributed by atoms with E-state index >= 15 is 13.2 Å². The lowest BCUT2D eigenvalue weighted by Gasteiger charge is -2.39. The number of hydrogen-bond acceptors (Lipinski definition) is 2. The molecule has 2 atom stereocenters. The number of nitrogens with one attached hydrogen (secondary N) is 2. The van der Waals surface area contributed by atoms with Crippen molar-refractivity contribution in [2.75, 3.05) is 13.2 Å². The van der Waals surface area contributed by atoms with Crippen LogP contribution in [0.3, 0.4) is 0 Å². The van der Waals surface area contributed by atoms with Gasteiger partial charge in [-0.3, -0.25) is 0 Å². The number of H-pyrrole nitrogens is 1. The number of hydrogen-bond donors (Lipinski definition) is 3. The average Bonchev–Trinajstić information content (AvgIpc) is 2.94. The highest BCUT2D eigenvalue weighted by Gasteiger charge is 2.47. The third kappa shape index (κ3) is 3.57. The second-order valence-electron chi connectivity index (χ2n) is 7.95. The second kappa shape index (κ2) is 7.59. The zero-order valence-electron chi connectivity index (χ0n) is 16.0. The van der Waals surface area contributed by atoms with Crippen LogP contribution in [0.1, 0.15) is 36.6 Å². The molecular formula is C22H22F3IN2O. The topological polar surface area (TPSA) is 48.0 Å². The van der Waals surface area contributed by atoms with Crippen LogP contribution < -0.4 is 5.32 Å². The van der Waals surface area contributed by atoms with E-state index in [9.17, 15) is 5.11 Å². The first kappa shape index (κ1) is 20.7. The summed E-state index contributed by atoms with van der Waals surface area (Å²) in [7, 11) is 0. The van der Waals surface area contributed by atoms with Gasteiger partial charge in [-0.05, 0) is 72.7 Å². The molecule has 3 nitrogen and oxygen atoms in total. The normalized spacial score (nSPS) is 21.6. The largest absolute Gasteiger partial charge is 0.393 e. The van der Waals surface area contributed by atoms with E-state index in [1.807, 2.05) is 46.9 Å². The third-order valence-electron chi connectivity index (χ3n) is 5.67. The van der Waals surface area contributed by atoms with Crippen molar-refractivity contribution in [2.24, 2.45) is 0 Å². The Morgan fingerprint density at radius 1 is 1.21 bits per heavy atom. The highest BCUT2D eigenvalue weighted by atomic mass is 127. The predicted molar refractivity (Wildman–Crippen MR) is 116 cm³/mol. The minimum Gasteiger partial charge on any atom is -0.393 e. The van der Waals surface area contributed by atoms with Gasteiger partial charge in [-0.15, -0.1) is 0 Å². The van der Waals surface area contributed by atoms with Crippen LogP contribution in [0.2, 0.25) is 0 Å². The van der Waals surface area contributed by atoms with Crippen molar-refractivity contribution >= 4 is 33.5 Å². The number of benzene rings is 2. The van der Waals surface area contributed by atoms with Gasteiger partial charge in [0, 0.05) is 32.2 Å². The summed E-state index contributed by atoms with van der Waals surface area (Å²) in [6.07, 6.45) is 1.13. The fraction of sp³-hybridized carbons (Fsp3) is 0.364. The minimum absolute atomic E-state index is 0.218. The van der Waals surface area contributed by atoms with Crippen molar-refractivity contribution in [1.29, 1.82) is 0 Å². The van der Waals surface area contributed by atoms with Gasteiger partial charge in [0.1, 0.15) is 17.3 Å². The van der Waals surface area contributed by atoms with Crippen molar-refractivity contribution in [3.63, 3.8) is 0 Å². The molecule has 0 saturated carbocycles. The van der Waals surface area contributed by atoms with Gasteiger partial charge in [0.2, 0.25) is 0 Å². The molecule has 0 saturated heterocycles. The van der Waals surface area contributed by atoms with E-state index in [1.165, 1.54) is 19.1 Å². The number of fused-ring (bicyclic) bond motifs is 3. The molecule has 0 radical (unpaired) electrons. The Bertz CT molecular complexity index is 1040. The van der Waals surface area contributed by atoms with Crippen molar-refractivity contribution in [3.05, 3.63) is 68.4 Å². The Kier molecular flexibility index (Phi) is 5.41. The number of halogens is 4. The van der Waals surface area contributed by atoms with Gasteiger partial charge >= 0.3 is 0 Å². The Morgan fingerprint density at radius 3 is 2.59 bits per heavy atom. The molecule has 4 rings (SSSR count). The fourth-order valence-corrected chi connectivity index (χ4v) is 5.04. The van der Waals surface area contributed by atoms with Crippen LogP contribution >= 0.6 is 22.6 Å². The molecule has 2 unspecified atom stereocenters. The van der Waals surface area contributed by atoms with E-state index in [-0.39, 0.29) is 12.0 Å². The number of aliphatic hydroxyl groups excluding tert-OH is 1. The lowest BCUT2D eigenvalue weighted by molar-refractivity contribution is 0.0536. The lowest BCUT2D eigenvalue weighted by atomic mass is 9.76. The van der Waals surface area contributed by atoms with E-state index in [4.69, 9.17) is 0 Å². The molecule has 0 amide bonds. The van der Waals surface area contributed by atoms with E-state index in [0.717, 1.165) is 22.9 Å². The molecule has 2 heterocycles. The van der Waals surface area contributed by atoms with E-state index in [2.05, 4.69) is 10.3 Å². The van der Waals surface area contributed by atoms with Crippen LogP contribution in [-0.4, -0.2) is 28.9 Å². The lowest BCUT2D eigenvalue weighted by Crippen LogP contribution is -2.50. The maximum atomic E-state index is 15.2. The molecule has 154 valence electrons. The summed E-state index contributed by atoms with van der Waals surface area (Å²) in [5.74, 6) is -1.47. The van der Waals surface area contributed by atoms with Crippen molar-refractivity contribution in [3.8, 4) is 0 Å². The minimum atomic E-state index is -2.05. The summed E-state index contributed by atoms with van der Waals surface area (Å²) >= 11 is 1.86. The first-order valence-electron chi connectivity index (χ1n) is 9.57. The van der Waals surface area contributed by atoms with Gasteiger partial charge in [-0.2, -0.15) is 0 Å². The van der Waals surface area contributed by atoms with Crippen LogP contribution in [0, 0.1) is 15.2 Å². The average molecular weight is 514 g/mol. The number of rotatable bonds is 4. The summed E-state index contributed by atoms with van der Waals surface area (Å²) in [6, 6.07) is 10.2. The standard InChI is InChI=1S/C22H22F3IN2O/c1-21(25,12-29)11-22(19-16(23)9-13(26)10-17(19)24)20-15(6-4-8-27-22)14-5-2-3-7-18(14)28-20/h2-3,5,7,9-10,27-29H,4,6,8,11-12H2,1H3. The van der Waals surface area contributed by atoms with Gasteiger partial charge < -0.3 is 15.4 Å². The first-order valence-corrected chi connectivity index (χ1v) is 10.7. The summed E-state index contributed by atoms with van der Waals surface area (Å²) < 4.78 is 46.1. The second-order valence-corrected chi connectivity index (χ2v) is 9.20. The van der Waals surface area contributed by atoms with Gasteiger partial charge in [-0.25, -0.2) is 13.2 Å². The molecule has 2 aromatic carbocycles. The van der Waals surface area contributed by atoms with Crippen molar-refractivity contribution < 1.29 is 18.3 Å². The van der Waals surface area contributed by atoms with E-state index in [1.54, 1.807) is 0 Å². The maximum Gasteiger partial charge on any atom is 0.133 e. The van der Waals surface area contributed by atoms with Crippen molar-refractivity contribution in [2.45, 2.75) is 37.4 Å². The molecule has 0 aliphatic carbocycles. The third-order valence-corrected chi connectivity index (χ3v) is 6.29. The molecule has 0 bridgehead atoms. The van der Waals surface area contributed by atoms with E-state index < -0.39 is 29.4 Å². The Labute approximate surface area is 180 Å². The summed E-state index contributed by atoms with van der Waals surface area (Å²) in [5.41, 5.74) is -1.42. The summed E-state index contributed by atoms with van der Waals surface area (Å²) in [4.78, 5) is 3.32. The number of aliphatic hydroxyl groups is 1. The summed E-state index contributed by atoms with van der Waals surface area (Å²) in [6.45, 7) is 0.967. The molecule has 3 aromatic rings. The van der Waals surface area contributed by atoms with Crippen LogP contribution in [0.15, 0.2) is 36.4 Å². The number of aromatic nitrogens is 1. The number of aryl methyl sites for hydroxylation is 1. The highest BCUT2D eigenvalue weighted by molar-refractivity contribution is 14.1. The van der Waals surface area contributed by atoms with Gasteiger partial charge in [0.05, 0.1) is 12.1 Å². The summed E-state index contributed by atoms with van der Waals surface area (Å²) in [5, 5.41) is 13.8. The Morgan fingerprint density at radius 2 is 1.90 bits per heavy atom. The molecular weight excluding hydrogens is 492 g/mol. The fourth-order valence-electron chi connectivity index (χ4n) is 4.49. The first-order chi connectivity index (χ1) is 13.8. The number of para-hydroxylation sites is 1. The molecule has 0 fully saturated rings. The number of aromatic amines is 1. The zero-order chi connectivity index (χ0) is 20.8. The molecule has 29 heavy (non-hydrogen) atoms. The molecule has 7 heteroatoms. The predicted octanol–water partition coefficient (Wildman–Crippen LogP) is 4.94. The van der Waals surface area contributed by atoms with Gasteiger partial charge in [0.15, 0.2) is 0 Å². The smallest absolute Gasteiger partial charge is 0.133 e. The molecule has 3 N–H and O–H groups in total.